The van der Waals surface area contributed by atoms with E-state index < -0.39 is 40.0 Å². The second-order valence-corrected chi connectivity index (χ2v) is 9.13. The molecule has 0 bridgehead atoms. The molecule has 0 spiro atoms. The van der Waals surface area contributed by atoms with E-state index in [4.69, 9.17) is 11.6 Å². The molecule has 1 aromatic heterocycles. The van der Waals surface area contributed by atoms with Crippen LogP contribution in [0.4, 0.5) is 26.3 Å². The third-order valence-electron chi connectivity index (χ3n) is 5.27. The molecule has 4 nitrogen and oxygen atoms in total. The highest BCUT2D eigenvalue weighted by Crippen LogP contribution is 2.44. The number of hydrogen-bond acceptors (Lipinski definition) is 3. The van der Waals surface area contributed by atoms with E-state index in [-0.39, 0.29) is 34.4 Å². The number of phenolic OH excluding ortho intramolecular Hbond substituents is 1. The predicted octanol–water partition coefficient (Wildman–Crippen LogP) is 7.05. The van der Waals surface area contributed by atoms with Gasteiger partial charge < -0.3 is 10.2 Å². The van der Waals surface area contributed by atoms with Gasteiger partial charge in [-0.05, 0) is 56.2 Å². The predicted molar refractivity (Wildman–Crippen MR) is 123 cm³/mol. The van der Waals surface area contributed by atoms with Crippen molar-refractivity contribution in [1.29, 1.82) is 0 Å². The number of hydrogen-bond donors (Lipinski definition) is 2. The molecule has 0 radical (unpaired) electrons. The molecule has 0 aliphatic carbocycles. The molecule has 0 saturated heterocycles. The first kappa shape index (κ1) is 27.4. The summed E-state index contributed by atoms with van der Waals surface area (Å²) in [6.07, 6.45) is -8.97. The summed E-state index contributed by atoms with van der Waals surface area (Å²) >= 11 is 5.73. The van der Waals surface area contributed by atoms with Crippen molar-refractivity contribution in [2.75, 3.05) is 0 Å². The van der Waals surface area contributed by atoms with E-state index in [0.29, 0.717) is 6.42 Å². The minimum atomic E-state index is -4.79. The summed E-state index contributed by atoms with van der Waals surface area (Å²) in [7, 11) is 1.25. The first-order valence-corrected chi connectivity index (χ1v) is 10.9. The largest absolute Gasteiger partial charge is 0.507 e. The number of benzene rings is 2. The van der Waals surface area contributed by atoms with E-state index in [1.54, 1.807) is 13.8 Å². The van der Waals surface area contributed by atoms with Gasteiger partial charge in [-0.15, -0.1) is 0 Å². The molecule has 36 heavy (non-hydrogen) atoms. The van der Waals surface area contributed by atoms with Gasteiger partial charge in [-0.25, -0.2) is 0 Å². The molecular formula is C25H21ClF6N2O2. The molecule has 2 aromatic carbocycles. The molecule has 0 amide bonds. The van der Waals surface area contributed by atoms with Crippen LogP contribution in [-0.2, 0) is 19.4 Å². The quantitative estimate of drug-likeness (QED) is 0.281. The summed E-state index contributed by atoms with van der Waals surface area (Å²) in [4.78, 5) is 0. The average Bonchev–Trinajstić information content (AvgIpc) is 3.12. The van der Waals surface area contributed by atoms with Gasteiger partial charge in [0.15, 0.2) is 5.69 Å². The highest BCUT2D eigenvalue weighted by Gasteiger charge is 2.36. The number of rotatable bonds is 4. The monoisotopic (exact) mass is 530 g/mol. The number of aliphatic hydroxyl groups is 1. The molecule has 3 aromatic rings. The van der Waals surface area contributed by atoms with Gasteiger partial charge in [0, 0.05) is 30.2 Å². The topological polar surface area (TPSA) is 58.3 Å². The number of halogens is 7. The first-order chi connectivity index (χ1) is 16.5. The summed E-state index contributed by atoms with van der Waals surface area (Å²) in [5, 5.41) is 23.8. The number of aromatic hydroxyl groups is 1. The Kier molecular flexibility index (Phi) is 7.40. The van der Waals surface area contributed by atoms with Crippen LogP contribution in [0.2, 0.25) is 5.02 Å². The SMILES string of the molecule is Cn1nc(C(F)(F)F)cc1-c1ccc(C#CCCC(C)(C)O)c(-c2ccc(Cl)c(C(F)(F)F)c2)c1O. The van der Waals surface area contributed by atoms with Gasteiger partial charge in [-0.2, -0.15) is 31.4 Å². The minimum Gasteiger partial charge on any atom is -0.507 e. The smallest absolute Gasteiger partial charge is 0.435 e. The van der Waals surface area contributed by atoms with Gasteiger partial charge in [0.2, 0.25) is 0 Å². The van der Waals surface area contributed by atoms with E-state index in [0.717, 1.165) is 22.9 Å². The number of phenols is 1. The first-order valence-electron chi connectivity index (χ1n) is 10.5. The number of nitrogens with zero attached hydrogens (tertiary/aromatic N) is 2. The Labute approximate surface area is 208 Å². The normalized spacial score (nSPS) is 12.4. The Bertz CT molecular complexity index is 1340. The fourth-order valence-corrected chi connectivity index (χ4v) is 3.70. The molecule has 192 valence electrons. The van der Waals surface area contributed by atoms with Gasteiger partial charge in [0.1, 0.15) is 5.75 Å². The fraction of sp³-hybridized carbons (Fsp3) is 0.320. The van der Waals surface area contributed by atoms with E-state index in [1.807, 2.05) is 0 Å². The molecule has 1 heterocycles. The third kappa shape index (κ3) is 6.15. The Hall–Kier alpha value is -3.16. The maximum atomic E-state index is 13.5. The summed E-state index contributed by atoms with van der Waals surface area (Å²) in [6.45, 7) is 3.19. The van der Waals surface area contributed by atoms with Gasteiger partial charge >= 0.3 is 12.4 Å². The van der Waals surface area contributed by atoms with Crippen molar-refractivity contribution in [3.05, 3.63) is 58.2 Å². The second kappa shape index (κ2) is 9.71. The van der Waals surface area contributed by atoms with Crippen molar-refractivity contribution in [3.63, 3.8) is 0 Å². The van der Waals surface area contributed by atoms with Crippen molar-refractivity contribution >= 4 is 11.6 Å². The zero-order valence-corrected chi connectivity index (χ0v) is 20.1. The maximum Gasteiger partial charge on any atom is 0.435 e. The van der Waals surface area contributed by atoms with Crippen molar-refractivity contribution < 1.29 is 36.6 Å². The highest BCUT2D eigenvalue weighted by atomic mass is 35.5. The molecule has 0 fully saturated rings. The van der Waals surface area contributed by atoms with Gasteiger partial charge in [0.05, 0.1) is 21.9 Å². The Morgan fingerprint density at radius 3 is 2.22 bits per heavy atom. The Morgan fingerprint density at radius 2 is 1.67 bits per heavy atom. The Morgan fingerprint density at radius 1 is 1.00 bits per heavy atom. The van der Waals surface area contributed by atoms with E-state index in [2.05, 4.69) is 16.9 Å². The molecule has 0 saturated carbocycles. The molecule has 11 heteroatoms. The molecule has 0 aliphatic rings. The van der Waals surface area contributed by atoms with E-state index in [9.17, 15) is 36.6 Å². The van der Waals surface area contributed by atoms with Crippen molar-refractivity contribution in [2.24, 2.45) is 7.05 Å². The molecule has 0 unspecified atom stereocenters. The van der Waals surface area contributed by atoms with Crippen molar-refractivity contribution in [1.82, 2.24) is 9.78 Å². The van der Waals surface area contributed by atoms with E-state index in [1.165, 1.54) is 25.2 Å². The summed E-state index contributed by atoms with van der Waals surface area (Å²) < 4.78 is 80.9. The fourth-order valence-electron chi connectivity index (χ4n) is 3.48. The van der Waals surface area contributed by atoms with Crippen LogP contribution in [-0.4, -0.2) is 25.6 Å². The average molecular weight is 531 g/mol. The van der Waals surface area contributed by atoms with Crippen LogP contribution in [0.5, 0.6) is 5.75 Å². The number of alkyl halides is 6. The number of aromatic nitrogens is 2. The lowest BCUT2D eigenvalue weighted by Crippen LogP contribution is -2.17. The molecular weight excluding hydrogens is 510 g/mol. The second-order valence-electron chi connectivity index (χ2n) is 8.73. The lowest BCUT2D eigenvalue weighted by Gasteiger charge is -2.16. The lowest BCUT2D eigenvalue weighted by molar-refractivity contribution is -0.141. The highest BCUT2D eigenvalue weighted by molar-refractivity contribution is 6.31. The zero-order valence-electron chi connectivity index (χ0n) is 19.3. The molecule has 0 aliphatic heterocycles. The van der Waals surface area contributed by atoms with Gasteiger partial charge in [-0.3, -0.25) is 4.68 Å². The number of aryl methyl sites for hydroxylation is 1. The maximum absolute atomic E-state index is 13.5. The van der Waals surface area contributed by atoms with Crippen LogP contribution in [0.15, 0.2) is 36.4 Å². The summed E-state index contributed by atoms with van der Waals surface area (Å²) in [6, 6.07) is 6.45. The molecule has 0 atom stereocenters. The van der Waals surface area contributed by atoms with Crippen LogP contribution < -0.4 is 0 Å². The third-order valence-corrected chi connectivity index (χ3v) is 5.60. The summed E-state index contributed by atoms with van der Waals surface area (Å²) in [5.41, 5.74) is -3.57. The van der Waals surface area contributed by atoms with Crippen LogP contribution in [0, 0.1) is 11.8 Å². The molecule has 3 rings (SSSR count). The van der Waals surface area contributed by atoms with Crippen LogP contribution in [0.3, 0.4) is 0 Å². The van der Waals surface area contributed by atoms with Crippen molar-refractivity contribution in [3.8, 4) is 40.0 Å². The van der Waals surface area contributed by atoms with Crippen LogP contribution in [0.25, 0.3) is 22.4 Å². The lowest BCUT2D eigenvalue weighted by atomic mass is 9.93. The minimum absolute atomic E-state index is 0.0824. The molecule has 2 N–H and O–H groups in total. The van der Waals surface area contributed by atoms with Gasteiger partial charge in [0.25, 0.3) is 0 Å². The summed E-state index contributed by atoms with van der Waals surface area (Å²) in [5.74, 6) is 5.02. The standard InChI is InChI=1S/C25H21ClF6N2O2/c1-23(2,36)11-5-4-6-14-7-9-16(19-13-20(25(30,31)32)33-34(19)3)22(35)21(14)15-8-10-18(26)17(12-15)24(27,28)29/h7-10,12-13,35-36H,5,11H2,1-3H3. The van der Waals surface area contributed by atoms with Gasteiger partial charge in [-0.1, -0.05) is 29.5 Å². The Balaban J connectivity index is 2.23. The van der Waals surface area contributed by atoms with Crippen LogP contribution in [0.1, 0.15) is 43.5 Å². The van der Waals surface area contributed by atoms with E-state index >= 15 is 0 Å². The van der Waals surface area contributed by atoms with Crippen molar-refractivity contribution in [2.45, 2.75) is 44.6 Å². The zero-order chi connectivity index (χ0) is 27.1. The van der Waals surface area contributed by atoms with Crippen LogP contribution >= 0.6 is 11.6 Å².